The molecule has 0 unspecified atom stereocenters. The zero-order valence-corrected chi connectivity index (χ0v) is 12.4. The van der Waals surface area contributed by atoms with Crippen LogP contribution in [0, 0.1) is 5.92 Å². The van der Waals surface area contributed by atoms with Crippen molar-refractivity contribution in [1.29, 1.82) is 0 Å². The fraction of sp³-hybridized carbons (Fsp3) is 0.467. The second-order valence-electron chi connectivity index (χ2n) is 5.29. The van der Waals surface area contributed by atoms with Crippen molar-refractivity contribution in [3.05, 3.63) is 29.3 Å². The van der Waals surface area contributed by atoms with E-state index in [2.05, 4.69) is 5.32 Å². The lowest BCUT2D eigenvalue weighted by Gasteiger charge is -2.20. The first-order valence-corrected chi connectivity index (χ1v) is 6.59. The summed E-state index contributed by atoms with van der Waals surface area (Å²) < 4.78 is 0. The van der Waals surface area contributed by atoms with Gasteiger partial charge in [0.25, 0.3) is 5.91 Å². The molecule has 5 nitrogen and oxygen atoms in total. The van der Waals surface area contributed by atoms with Crippen molar-refractivity contribution >= 4 is 17.9 Å². The number of anilines is 1. The number of nitrogens with zero attached hydrogens (tertiary/aromatic N) is 1. The molecule has 0 bridgehead atoms. The SMILES string of the molecule is CC(C)[C@@H](CO)NC(=O)c1ccc(N(C)C)c(C=O)c1. The van der Waals surface area contributed by atoms with Crippen LogP contribution in [0.1, 0.15) is 34.6 Å². The minimum Gasteiger partial charge on any atom is -0.394 e. The van der Waals surface area contributed by atoms with Gasteiger partial charge in [0.2, 0.25) is 0 Å². The maximum absolute atomic E-state index is 12.1. The summed E-state index contributed by atoms with van der Waals surface area (Å²) in [5.74, 6) is -0.151. The second kappa shape index (κ2) is 7.05. The Morgan fingerprint density at radius 2 is 2.05 bits per heavy atom. The molecule has 0 fully saturated rings. The third-order valence-corrected chi connectivity index (χ3v) is 3.22. The van der Waals surface area contributed by atoms with Crippen molar-refractivity contribution in [3.8, 4) is 0 Å². The molecule has 20 heavy (non-hydrogen) atoms. The van der Waals surface area contributed by atoms with E-state index in [1.54, 1.807) is 18.2 Å². The van der Waals surface area contributed by atoms with Crippen LogP contribution in [0.3, 0.4) is 0 Å². The summed E-state index contributed by atoms with van der Waals surface area (Å²) in [4.78, 5) is 25.0. The number of amides is 1. The van der Waals surface area contributed by atoms with Crippen molar-refractivity contribution < 1.29 is 14.7 Å². The van der Waals surface area contributed by atoms with Crippen LogP contribution < -0.4 is 10.2 Å². The molecule has 0 heterocycles. The molecule has 110 valence electrons. The number of benzene rings is 1. The summed E-state index contributed by atoms with van der Waals surface area (Å²) in [5.41, 5.74) is 1.64. The first-order chi connectivity index (χ1) is 9.40. The molecule has 0 aliphatic rings. The second-order valence-corrected chi connectivity index (χ2v) is 5.29. The van der Waals surface area contributed by atoms with Crippen molar-refractivity contribution in [2.45, 2.75) is 19.9 Å². The molecular formula is C15H22N2O3. The molecule has 0 aromatic heterocycles. The first kappa shape index (κ1) is 16.2. The van der Waals surface area contributed by atoms with E-state index in [0.717, 1.165) is 12.0 Å². The fourth-order valence-corrected chi connectivity index (χ4v) is 1.87. The summed E-state index contributed by atoms with van der Waals surface area (Å²) in [6.45, 7) is 3.74. The van der Waals surface area contributed by atoms with Crippen molar-refractivity contribution in [2.24, 2.45) is 5.92 Å². The lowest BCUT2D eigenvalue weighted by molar-refractivity contribution is 0.0897. The monoisotopic (exact) mass is 278 g/mol. The van der Waals surface area contributed by atoms with Gasteiger partial charge in [-0.05, 0) is 24.1 Å². The van der Waals surface area contributed by atoms with Crippen LogP contribution in [0.2, 0.25) is 0 Å². The van der Waals surface area contributed by atoms with Crippen molar-refractivity contribution in [3.63, 3.8) is 0 Å². The van der Waals surface area contributed by atoms with Crippen molar-refractivity contribution in [2.75, 3.05) is 25.6 Å². The Morgan fingerprint density at radius 3 is 2.50 bits per heavy atom. The highest BCUT2D eigenvalue weighted by atomic mass is 16.3. The highest BCUT2D eigenvalue weighted by molar-refractivity contribution is 5.97. The van der Waals surface area contributed by atoms with Gasteiger partial charge in [0, 0.05) is 30.9 Å². The van der Waals surface area contributed by atoms with E-state index in [9.17, 15) is 14.7 Å². The predicted octanol–water partition coefficient (Wildman–Crippen LogP) is 1.31. The highest BCUT2D eigenvalue weighted by Crippen LogP contribution is 2.18. The third kappa shape index (κ3) is 3.81. The molecule has 1 amide bonds. The fourth-order valence-electron chi connectivity index (χ4n) is 1.87. The molecule has 1 rings (SSSR count). The van der Waals surface area contributed by atoms with Crippen LogP contribution in [-0.2, 0) is 0 Å². The molecule has 0 saturated heterocycles. The van der Waals surface area contributed by atoms with E-state index in [1.165, 1.54) is 0 Å². The van der Waals surface area contributed by atoms with Crippen LogP contribution in [-0.4, -0.2) is 44.0 Å². The van der Waals surface area contributed by atoms with Crippen LogP contribution in [0.15, 0.2) is 18.2 Å². The Morgan fingerprint density at radius 1 is 1.40 bits per heavy atom. The molecule has 1 aromatic rings. The van der Waals surface area contributed by atoms with Gasteiger partial charge in [0.15, 0.2) is 6.29 Å². The maximum Gasteiger partial charge on any atom is 0.251 e. The number of hydrogen-bond acceptors (Lipinski definition) is 4. The number of carbonyl (C=O) groups is 2. The van der Waals surface area contributed by atoms with Gasteiger partial charge in [-0.2, -0.15) is 0 Å². The van der Waals surface area contributed by atoms with Gasteiger partial charge in [-0.3, -0.25) is 9.59 Å². The van der Waals surface area contributed by atoms with Gasteiger partial charge in [0.1, 0.15) is 0 Å². The number of carbonyl (C=O) groups excluding carboxylic acids is 2. The first-order valence-electron chi connectivity index (χ1n) is 6.59. The van der Waals surface area contributed by atoms with E-state index in [4.69, 9.17) is 0 Å². The van der Waals surface area contributed by atoms with Gasteiger partial charge in [0.05, 0.1) is 12.6 Å². The Bertz CT molecular complexity index is 484. The van der Waals surface area contributed by atoms with Crippen LogP contribution in [0.25, 0.3) is 0 Å². The highest BCUT2D eigenvalue weighted by Gasteiger charge is 2.17. The number of aliphatic hydroxyl groups excluding tert-OH is 1. The average molecular weight is 278 g/mol. The molecule has 2 N–H and O–H groups in total. The zero-order valence-electron chi connectivity index (χ0n) is 12.4. The van der Waals surface area contributed by atoms with Gasteiger partial charge in [-0.25, -0.2) is 0 Å². The molecule has 0 radical (unpaired) electrons. The minimum atomic E-state index is -0.296. The third-order valence-electron chi connectivity index (χ3n) is 3.22. The van der Waals surface area contributed by atoms with Gasteiger partial charge >= 0.3 is 0 Å². The normalized spacial score (nSPS) is 12.1. The Balaban J connectivity index is 2.97. The van der Waals surface area contributed by atoms with Gasteiger partial charge in [-0.15, -0.1) is 0 Å². The molecule has 0 aliphatic heterocycles. The standard InChI is InChI=1S/C15H22N2O3/c1-10(2)13(9-19)16-15(20)11-5-6-14(17(3)4)12(7-11)8-18/h5-8,10,13,19H,9H2,1-4H3,(H,16,20)/t13-/m1/s1. The largest absolute Gasteiger partial charge is 0.394 e. The number of nitrogens with one attached hydrogen (secondary N) is 1. The zero-order chi connectivity index (χ0) is 15.3. The number of rotatable bonds is 6. The van der Waals surface area contributed by atoms with E-state index < -0.39 is 0 Å². The summed E-state index contributed by atoms with van der Waals surface area (Å²) in [7, 11) is 3.67. The summed E-state index contributed by atoms with van der Waals surface area (Å²) in [6, 6.07) is 4.68. The van der Waals surface area contributed by atoms with E-state index in [-0.39, 0.29) is 24.5 Å². The van der Waals surface area contributed by atoms with Crippen LogP contribution in [0.4, 0.5) is 5.69 Å². The Labute approximate surface area is 119 Å². The average Bonchev–Trinajstić information content (AvgIpc) is 2.43. The van der Waals surface area contributed by atoms with E-state index in [1.807, 2.05) is 32.8 Å². The Kier molecular flexibility index (Phi) is 5.70. The predicted molar refractivity (Wildman–Crippen MR) is 79.3 cm³/mol. The smallest absolute Gasteiger partial charge is 0.251 e. The summed E-state index contributed by atoms with van der Waals surface area (Å²) >= 11 is 0. The molecule has 1 aromatic carbocycles. The van der Waals surface area contributed by atoms with E-state index in [0.29, 0.717) is 11.1 Å². The summed E-state index contributed by atoms with van der Waals surface area (Å²) in [6.07, 6.45) is 0.734. The number of aliphatic hydroxyl groups is 1. The lowest BCUT2D eigenvalue weighted by Crippen LogP contribution is -2.41. The molecular weight excluding hydrogens is 256 g/mol. The minimum absolute atomic E-state index is 0.111. The van der Waals surface area contributed by atoms with Gasteiger partial charge in [-0.1, -0.05) is 13.8 Å². The molecule has 5 heteroatoms. The maximum atomic E-state index is 12.1. The lowest BCUT2D eigenvalue weighted by atomic mass is 10.0. The molecule has 0 spiro atoms. The summed E-state index contributed by atoms with van der Waals surface area (Å²) in [5, 5.41) is 12.0. The molecule has 0 saturated carbocycles. The number of hydrogen-bond donors (Lipinski definition) is 2. The van der Waals surface area contributed by atoms with Gasteiger partial charge < -0.3 is 15.3 Å². The molecule has 1 atom stereocenters. The number of aldehydes is 1. The Hall–Kier alpha value is -1.88. The molecule has 0 aliphatic carbocycles. The van der Waals surface area contributed by atoms with Crippen molar-refractivity contribution in [1.82, 2.24) is 5.32 Å². The topological polar surface area (TPSA) is 69.6 Å². The quantitative estimate of drug-likeness (QED) is 0.770. The van der Waals surface area contributed by atoms with Crippen LogP contribution in [0.5, 0.6) is 0 Å². The van der Waals surface area contributed by atoms with Crippen LogP contribution >= 0.6 is 0 Å². The van der Waals surface area contributed by atoms with E-state index >= 15 is 0 Å².